The molecule has 2 N–H and O–H groups in total. The third-order valence-electron chi connectivity index (χ3n) is 4.13. The number of imide groups is 1. The first-order valence-electron chi connectivity index (χ1n) is 8.96. The average molecular weight is 375 g/mol. The molecule has 1 fully saturated rings. The summed E-state index contributed by atoms with van der Waals surface area (Å²) in [6.07, 6.45) is 0.935. The van der Waals surface area contributed by atoms with Gasteiger partial charge >= 0.3 is 12.0 Å². The number of urea groups is 1. The molecule has 1 saturated heterocycles. The first kappa shape index (κ1) is 20.4. The van der Waals surface area contributed by atoms with Crippen molar-refractivity contribution in [2.45, 2.75) is 39.7 Å². The van der Waals surface area contributed by atoms with Crippen LogP contribution in [0.3, 0.4) is 0 Å². The van der Waals surface area contributed by atoms with Gasteiger partial charge in [-0.2, -0.15) is 0 Å². The van der Waals surface area contributed by atoms with Crippen LogP contribution in [0.4, 0.5) is 10.5 Å². The van der Waals surface area contributed by atoms with E-state index in [-0.39, 0.29) is 24.9 Å². The van der Waals surface area contributed by atoms with E-state index in [1.807, 2.05) is 31.2 Å². The third-order valence-corrected chi connectivity index (χ3v) is 4.13. The second-order valence-electron chi connectivity index (χ2n) is 6.71. The zero-order valence-electron chi connectivity index (χ0n) is 15.8. The Hall–Kier alpha value is -2.90. The number of nitrogens with zero attached hydrogens (tertiary/aromatic N) is 1. The van der Waals surface area contributed by atoms with Crippen molar-refractivity contribution < 1.29 is 23.9 Å². The maximum atomic E-state index is 12.2. The summed E-state index contributed by atoms with van der Waals surface area (Å²) in [5, 5.41) is 4.56. The molecule has 1 atom stereocenters. The van der Waals surface area contributed by atoms with Crippen molar-refractivity contribution in [2.75, 3.05) is 18.1 Å². The van der Waals surface area contributed by atoms with Gasteiger partial charge in [-0.05, 0) is 38.0 Å². The van der Waals surface area contributed by atoms with E-state index in [1.54, 1.807) is 18.7 Å². The van der Waals surface area contributed by atoms with E-state index in [0.717, 1.165) is 17.7 Å². The number of carbonyl (C=O) groups excluding carboxylic acids is 4. The Morgan fingerprint density at radius 3 is 2.48 bits per heavy atom. The molecule has 1 aliphatic rings. The first-order valence-corrected chi connectivity index (χ1v) is 8.96. The second kappa shape index (κ2) is 9.16. The number of benzene rings is 1. The Balaban J connectivity index is 1.84. The number of aryl methyl sites for hydroxylation is 1. The van der Waals surface area contributed by atoms with Crippen LogP contribution >= 0.6 is 0 Å². The number of anilines is 1. The molecule has 146 valence electrons. The highest BCUT2D eigenvalue weighted by Gasteiger charge is 2.36. The molecule has 0 spiro atoms. The monoisotopic (exact) mass is 375 g/mol. The van der Waals surface area contributed by atoms with Gasteiger partial charge in [0.25, 0.3) is 5.91 Å². The largest absolute Gasteiger partial charge is 0.455 e. The molecule has 8 nitrogen and oxygen atoms in total. The summed E-state index contributed by atoms with van der Waals surface area (Å²) in [7, 11) is 0. The van der Waals surface area contributed by atoms with Crippen LogP contribution in [-0.2, 0) is 25.5 Å². The van der Waals surface area contributed by atoms with Gasteiger partial charge in [-0.3, -0.25) is 19.7 Å². The highest BCUT2D eigenvalue weighted by atomic mass is 16.5. The minimum atomic E-state index is -0.724. The van der Waals surface area contributed by atoms with Crippen LogP contribution in [-0.4, -0.2) is 43.0 Å². The number of hydrogen-bond acceptors (Lipinski definition) is 5. The van der Waals surface area contributed by atoms with E-state index >= 15 is 0 Å². The van der Waals surface area contributed by atoms with Gasteiger partial charge in [-0.1, -0.05) is 19.1 Å². The highest BCUT2D eigenvalue weighted by molar-refractivity contribution is 6.00. The second-order valence-corrected chi connectivity index (χ2v) is 6.71. The maximum absolute atomic E-state index is 12.2. The van der Waals surface area contributed by atoms with E-state index < -0.39 is 30.4 Å². The van der Waals surface area contributed by atoms with Gasteiger partial charge < -0.3 is 15.0 Å². The topological polar surface area (TPSA) is 105 Å². The number of carbonyl (C=O) groups is 4. The Kier molecular flexibility index (Phi) is 6.92. The van der Waals surface area contributed by atoms with Crippen molar-refractivity contribution in [3.63, 3.8) is 0 Å². The normalized spacial score (nSPS) is 16.4. The number of nitrogens with one attached hydrogen (secondary N) is 2. The van der Waals surface area contributed by atoms with Crippen LogP contribution < -0.4 is 15.5 Å². The molecule has 27 heavy (non-hydrogen) atoms. The van der Waals surface area contributed by atoms with Crippen LogP contribution in [0.5, 0.6) is 0 Å². The van der Waals surface area contributed by atoms with Gasteiger partial charge in [0.2, 0.25) is 5.91 Å². The van der Waals surface area contributed by atoms with Gasteiger partial charge in [0, 0.05) is 24.7 Å². The van der Waals surface area contributed by atoms with Gasteiger partial charge in [0.1, 0.15) is 0 Å². The van der Waals surface area contributed by atoms with Crippen LogP contribution in [0.25, 0.3) is 0 Å². The minimum Gasteiger partial charge on any atom is -0.455 e. The summed E-state index contributed by atoms with van der Waals surface area (Å²) in [5.74, 6) is -2.16. The number of esters is 1. The van der Waals surface area contributed by atoms with E-state index in [0.29, 0.717) is 0 Å². The SMILES string of the molecule is CCc1ccc(N2C[C@H](C(=O)OCC(=O)NC(=O)NC(C)C)CC2=O)cc1. The lowest BCUT2D eigenvalue weighted by molar-refractivity contribution is -0.152. The molecule has 2 rings (SSSR count). The summed E-state index contributed by atoms with van der Waals surface area (Å²) in [5.41, 5.74) is 1.89. The molecule has 8 heteroatoms. The van der Waals surface area contributed by atoms with Crippen molar-refractivity contribution >= 4 is 29.5 Å². The number of ether oxygens (including phenoxy) is 1. The Labute approximate surface area is 158 Å². The molecule has 1 aromatic carbocycles. The summed E-state index contributed by atoms with van der Waals surface area (Å²) in [4.78, 5) is 49.0. The number of hydrogen-bond donors (Lipinski definition) is 2. The first-order chi connectivity index (χ1) is 12.8. The zero-order chi connectivity index (χ0) is 20.0. The van der Waals surface area contributed by atoms with Gasteiger partial charge in [0.05, 0.1) is 5.92 Å². The fraction of sp³-hybridized carbons (Fsp3) is 0.474. The van der Waals surface area contributed by atoms with E-state index in [1.165, 1.54) is 0 Å². The van der Waals surface area contributed by atoms with Crippen LogP contribution in [0, 0.1) is 5.92 Å². The molecule has 0 unspecified atom stereocenters. The van der Waals surface area contributed by atoms with E-state index in [2.05, 4.69) is 10.6 Å². The van der Waals surface area contributed by atoms with Crippen LogP contribution in [0.1, 0.15) is 32.8 Å². The highest BCUT2D eigenvalue weighted by Crippen LogP contribution is 2.26. The van der Waals surface area contributed by atoms with Crippen molar-refractivity contribution in [1.82, 2.24) is 10.6 Å². The van der Waals surface area contributed by atoms with Gasteiger partial charge in [-0.25, -0.2) is 4.79 Å². The molecule has 0 radical (unpaired) electrons. The Morgan fingerprint density at radius 1 is 1.22 bits per heavy atom. The molecular weight excluding hydrogens is 350 g/mol. The summed E-state index contributed by atoms with van der Waals surface area (Å²) in [6.45, 7) is 5.19. The Bertz CT molecular complexity index is 715. The summed E-state index contributed by atoms with van der Waals surface area (Å²) >= 11 is 0. The van der Waals surface area contributed by atoms with Crippen LogP contribution in [0.2, 0.25) is 0 Å². The smallest absolute Gasteiger partial charge is 0.321 e. The molecular formula is C19H25N3O5. The van der Waals surface area contributed by atoms with Crippen LogP contribution in [0.15, 0.2) is 24.3 Å². The zero-order valence-corrected chi connectivity index (χ0v) is 15.8. The van der Waals surface area contributed by atoms with E-state index in [9.17, 15) is 19.2 Å². The quantitative estimate of drug-likeness (QED) is 0.731. The lowest BCUT2D eigenvalue weighted by atomic mass is 10.1. The molecule has 0 aromatic heterocycles. The van der Waals surface area contributed by atoms with Crippen molar-refractivity contribution in [3.05, 3.63) is 29.8 Å². The van der Waals surface area contributed by atoms with Gasteiger partial charge in [0.15, 0.2) is 6.61 Å². The molecule has 0 saturated carbocycles. The lowest BCUT2D eigenvalue weighted by Crippen LogP contribution is -2.44. The lowest BCUT2D eigenvalue weighted by Gasteiger charge is -2.17. The third kappa shape index (κ3) is 5.80. The number of rotatable bonds is 6. The van der Waals surface area contributed by atoms with E-state index in [4.69, 9.17) is 4.74 Å². The number of amides is 4. The molecule has 1 heterocycles. The molecule has 4 amide bonds. The minimum absolute atomic E-state index is 0.0316. The summed E-state index contributed by atoms with van der Waals surface area (Å²) in [6, 6.07) is 6.82. The predicted octanol–water partition coefficient (Wildman–Crippen LogP) is 1.38. The standard InChI is InChI=1S/C19H25N3O5/c1-4-13-5-7-15(8-6-13)22-10-14(9-17(22)24)18(25)27-11-16(23)21-19(26)20-12(2)3/h5-8,12,14H,4,9-11H2,1-3H3,(H2,20,21,23,26)/t14-/m1/s1. The van der Waals surface area contributed by atoms with Crippen molar-refractivity contribution in [2.24, 2.45) is 5.92 Å². The molecule has 1 aliphatic heterocycles. The average Bonchev–Trinajstić information content (AvgIpc) is 3.00. The summed E-state index contributed by atoms with van der Waals surface area (Å²) < 4.78 is 4.95. The maximum Gasteiger partial charge on any atom is 0.321 e. The molecule has 0 aliphatic carbocycles. The predicted molar refractivity (Wildman–Crippen MR) is 99.0 cm³/mol. The van der Waals surface area contributed by atoms with Gasteiger partial charge in [-0.15, -0.1) is 0 Å². The fourth-order valence-corrected chi connectivity index (χ4v) is 2.74. The molecule has 1 aromatic rings. The van der Waals surface area contributed by atoms with Crippen molar-refractivity contribution in [3.8, 4) is 0 Å². The Morgan fingerprint density at radius 2 is 1.89 bits per heavy atom. The fourth-order valence-electron chi connectivity index (χ4n) is 2.74. The molecule has 0 bridgehead atoms. The van der Waals surface area contributed by atoms with Crippen molar-refractivity contribution in [1.29, 1.82) is 0 Å².